The molecule has 0 unspecified atom stereocenters. The average Bonchev–Trinajstić information content (AvgIpc) is 3.48. The van der Waals surface area contributed by atoms with Gasteiger partial charge in [0.25, 0.3) is 0 Å². The van der Waals surface area contributed by atoms with Gasteiger partial charge in [0.1, 0.15) is 11.9 Å². The van der Waals surface area contributed by atoms with Crippen molar-refractivity contribution in [1.82, 2.24) is 20.2 Å². The van der Waals surface area contributed by atoms with Gasteiger partial charge in [0.05, 0.1) is 26.7 Å². The van der Waals surface area contributed by atoms with Crippen LogP contribution < -0.4 is 78.7 Å². The number of hydrogen-bond acceptors (Lipinski definition) is 10. The Morgan fingerprint density at radius 3 is 2.58 bits per heavy atom. The third-order valence-corrected chi connectivity index (χ3v) is 6.14. The molecule has 1 atom stereocenters. The minimum atomic E-state index is -5.19. The van der Waals surface area contributed by atoms with Crippen molar-refractivity contribution in [3.05, 3.63) is 53.3 Å². The van der Waals surface area contributed by atoms with Gasteiger partial charge in [0.15, 0.2) is 0 Å². The van der Waals surface area contributed by atoms with E-state index in [2.05, 4.69) is 20.0 Å². The molecule has 1 saturated heterocycles. The number of benzene rings is 2. The molecule has 3 aromatic rings. The van der Waals surface area contributed by atoms with Crippen LogP contribution in [0, 0.1) is 5.82 Å². The maximum absolute atomic E-state index is 15.1. The van der Waals surface area contributed by atoms with Crippen LogP contribution in [0.4, 0.5) is 20.8 Å². The van der Waals surface area contributed by atoms with Crippen LogP contribution in [0.25, 0.3) is 11.1 Å². The van der Waals surface area contributed by atoms with Gasteiger partial charge in [-0.3, -0.25) is 4.90 Å². The summed E-state index contributed by atoms with van der Waals surface area (Å²) < 4.78 is 36.5. The van der Waals surface area contributed by atoms with Crippen molar-refractivity contribution < 1.29 is 91.9 Å². The summed E-state index contributed by atoms with van der Waals surface area (Å²) in [6, 6.07) is 10.0. The summed E-state index contributed by atoms with van der Waals surface area (Å²) >= 11 is 0. The summed E-state index contributed by atoms with van der Waals surface area (Å²) in [7, 11) is -3.43. The van der Waals surface area contributed by atoms with E-state index in [-0.39, 0.29) is 71.3 Å². The molecule has 12 nitrogen and oxygen atoms in total. The zero-order valence-electron chi connectivity index (χ0n) is 19.8. The Balaban J connectivity index is 0.00000180. The first kappa shape index (κ1) is 29.2. The van der Waals surface area contributed by atoms with E-state index >= 15 is 4.39 Å². The number of amides is 1. The predicted octanol–water partition coefficient (Wildman–Crippen LogP) is -5.29. The van der Waals surface area contributed by atoms with E-state index in [0.717, 1.165) is 16.0 Å². The number of phosphoric acid groups is 1. The second-order valence-corrected chi connectivity index (χ2v) is 9.12. The smallest absolute Gasteiger partial charge is 0.790 e. The Labute approximate surface area is 249 Å². The number of cyclic esters (lactones) is 1. The molecule has 0 aliphatic carbocycles. The van der Waals surface area contributed by atoms with Crippen LogP contribution in [-0.4, -0.2) is 45.6 Å². The third-order valence-electron chi connectivity index (χ3n) is 5.68. The van der Waals surface area contributed by atoms with Gasteiger partial charge in [0, 0.05) is 25.7 Å². The monoisotopic (exact) mass is 534 g/mol. The van der Waals surface area contributed by atoms with E-state index in [1.807, 2.05) is 23.1 Å². The van der Waals surface area contributed by atoms with Crippen molar-refractivity contribution in [2.75, 3.05) is 23.0 Å². The molecule has 16 heteroatoms. The van der Waals surface area contributed by atoms with Gasteiger partial charge in [-0.15, -0.1) is 0 Å². The fraction of sp³-hybridized carbons (Fsp3) is 0.300. The molecule has 0 spiro atoms. The Morgan fingerprint density at radius 2 is 1.92 bits per heavy atom. The van der Waals surface area contributed by atoms with Crippen molar-refractivity contribution in [3.8, 4) is 11.1 Å². The number of phosphoric ester groups is 1. The largest absolute Gasteiger partial charge is 1.00 e. The maximum Gasteiger partial charge on any atom is 1.00 e. The standard InChI is InChI=1S/C20H20FN6O6P.2Na/c1-25-19(22-23-24-25)26-8-13-3-2-12(6-14(13)9-26)17-5-4-15(7-18(17)21)27-10-16(33-20(27)28)11-32-34(29,30)31;;/h2-7,16H,8-11H2,1H3,(H2,29,30,31);;/q;2*+1/p-2/t16-;;/m1../s1. The summed E-state index contributed by atoms with van der Waals surface area (Å²) in [4.78, 5) is 36.6. The number of aromatic nitrogens is 4. The van der Waals surface area contributed by atoms with Gasteiger partial charge in [-0.2, -0.15) is 0 Å². The summed E-state index contributed by atoms with van der Waals surface area (Å²) in [5.74, 6) is 0.101. The molecule has 1 amide bonds. The maximum atomic E-state index is 15.1. The number of ether oxygens (including phenoxy) is 1. The van der Waals surface area contributed by atoms with Crippen LogP contribution in [0.3, 0.4) is 0 Å². The SMILES string of the molecule is Cn1nnnc1N1Cc2ccc(-c3ccc(N4C[C@H](COP(=O)([O-])[O-])OC4=O)cc3F)cc2C1.[Na+].[Na+]. The van der Waals surface area contributed by atoms with E-state index < -0.39 is 32.4 Å². The van der Waals surface area contributed by atoms with E-state index in [9.17, 15) is 19.1 Å². The first-order valence-electron chi connectivity index (χ1n) is 10.2. The molecule has 2 aliphatic heterocycles. The van der Waals surface area contributed by atoms with E-state index in [1.54, 1.807) is 23.9 Å². The number of carbonyl (C=O) groups is 1. The number of tetrazole rings is 1. The fourth-order valence-electron chi connectivity index (χ4n) is 4.10. The molecule has 0 saturated carbocycles. The van der Waals surface area contributed by atoms with Crippen molar-refractivity contribution in [1.29, 1.82) is 0 Å². The third kappa shape index (κ3) is 6.18. The van der Waals surface area contributed by atoms with Crippen molar-refractivity contribution in [2.45, 2.75) is 19.2 Å². The number of carbonyl (C=O) groups excluding carboxylic acids is 1. The summed E-state index contributed by atoms with van der Waals surface area (Å²) in [5.41, 5.74) is 3.40. The predicted molar refractivity (Wildman–Crippen MR) is 112 cm³/mol. The Kier molecular flexibility index (Phi) is 9.37. The second-order valence-electron chi connectivity index (χ2n) is 7.97. The first-order valence-corrected chi connectivity index (χ1v) is 11.7. The van der Waals surface area contributed by atoms with E-state index in [0.29, 0.717) is 30.2 Å². The molecule has 1 aromatic heterocycles. The minimum absolute atomic E-state index is 0. The molecule has 5 rings (SSSR count). The molecule has 0 bridgehead atoms. The minimum Gasteiger partial charge on any atom is -0.790 e. The number of fused-ring (bicyclic) bond motifs is 1. The molecule has 2 aromatic carbocycles. The number of hydrogen-bond donors (Lipinski definition) is 0. The number of nitrogens with zero attached hydrogens (tertiary/aromatic N) is 6. The molecule has 1 fully saturated rings. The fourth-order valence-corrected chi connectivity index (χ4v) is 4.44. The molecule has 2 aliphatic rings. The summed E-state index contributed by atoms with van der Waals surface area (Å²) in [6.07, 6.45) is -1.75. The van der Waals surface area contributed by atoms with Crippen LogP contribution in [0.15, 0.2) is 36.4 Å². The van der Waals surface area contributed by atoms with Crippen LogP contribution >= 0.6 is 7.82 Å². The Hall–Kier alpha value is -1.38. The Morgan fingerprint density at radius 1 is 1.17 bits per heavy atom. The summed E-state index contributed by atoms with van der Waals surface area (Å²) in [5, 5.41) is 11.5. The zero-order chi connectivity index (χ0) is 24.0. The van der Waals surface area contributed by atoms with Crippen molar-refractivity contribution >= 4 is 25.6 Å². The molecule has 178 valence electrons. The van der Waals surface area contributed by atoms with Crippen LogP contribution in [0.1, 0.15) is 11.1 Å². The first-order chi connectivity index (χ1) is 16.2. The van der Waals surface area contributed by atoms with Gasteiger partial charge in [-0.1, -0.05) is 17.2 Å². The quantitative estimate of drug-likeness (QED) is 0.222. The number of halogens is 1. The van der Waals surface area contributed by atoms with Crippen molar-refractivity contribution in [2.24, 2.45) is 7.05 Å². The topological polar surface area (TPSA) is 149 Å². The Bertz CT molecular complexity index is 1320. The summed E-state index contributed by atoms with van der Waals surface area (Å²) in [6.45, 7) is 0.550. The van der Waals surface area contributed by atoms with Crippen molar-refractivity contribution in [3.63, 3.8) is 0 Å². The molecular formula is C20H18FN6Na2O6P. The number of anilines is 2. The molecular weight excluding hydrogens is 516 g/mol. The van der Waals surface area contributed by atoms with E-state index in [1.165, 1.54) is 6.07 Å². The molecule has 36 heavy (non-hydrogen) atoms. The zero-order valence-corrected chi connectivity index (χ0v) is 24.7. The van der Waals surface area contributed by atoms with Crippen LogP contribution in [0.2, 0.25) is 0 Å². The van der Waals surface area contributed by atoms with Crippen LogP contribution in [0.5, 0.6) is 0 Å². The van der Waals surface area contributed by atoms with Gasteiger partial charge in [-0.05, 0) is 51.4 Å². The molecule has 0 N–H and O–H groups in total. The van der Waals surface area contributed by atoms with Crippen LogP contribution in [-0.2, 0) is 34.0 Å². The average molecular weight is 534 g/mol. The van der Waals surface area contributed by atoms with E-state index in [4.69, 9.17) is 4.74 Å². The van der Waals surface area contributed by atoms with Gasteiger partial charge in [0.2, 0.25) is 5.95 Å². The molecule has 0 radical (unpaired) electrons. The molecule has 3 heterocycles. The van der Waals surface area contributed by atoms with Gasteiger partial charge < -0.3 is 28.5 Å². The number of rotatable bonds is 6. The number of aryl methyl sites for hydroxylation is 1. The second kappa shape index (κ2) is 11.6. The van der Waals surface area contributed by atoms with Gasteiger partial charge >= 0.3 is 65.2 Å². The van der Waals surface area contributed by atoms with Gasteiger partial charge in [-0.25, -0.2) is 13.9 Å². The normalized spacial score (nSPS) is 16.9.